The van der Waals surface area contributed by atoms with Gasteiger partial charge in [-0.3, -0.25) is 14.9 Å². The van der Waals surface area contributed by atoms with E-state index in [9.17, 15) is 0 Å². The molecule has 0 spiro atoms. The molecule has 23 heavy (non-hydrogen) atoms. The molecular weight excluding hydrogens is 292 g/mol. The van der Waals surface area contributed by atoms with Crippen LogP contribution in [0.4, 0.5) is 11.5 Å². The third kappa shape index (κ3) is 2.00. The lowest BCUT2D eigenvalue weighted by Crippen LogP contribution is -2.40. The van der Waals surface area contributed by atoms with Crippen LogP contribution in [0.3, 0.4) is 0 Å². The van der Waals surface area contributed by atoms with Gasteiger partial charge in [0, 0.05) is 30.2 Å². The maximum Gasteiger partial charge on any atom is 0.171 e. The van der Waals surface area contributed by atoms with Gasteiger partial charge in [-0.15, -0.1) is 5.11 Å². The summed E-state index contributed by atoms with van der Waals surface area (Å²) in [6.07, 6.45) is 5.15. The molecule has 2 aliphatic rings. The molecule has 0 amide bonds. The van der Waals surface area contributed by atoms with Gasteiger partial charge in [0.2, 0.25) is 0 Å². The molecule has 116 valence electrons. The smallest absolute Gasteiger partial charge is 0.171 e. The van der Waals surface area contributed by atoms with Gasteiger partial charge in [0.1, 0.15) is 5.84 Å². The van der Waals surface area contributed by atoms with Gasteiger partial charge < -0.3 is 4.74 Å². The maximum atomic E-state index is 5.38. The van der Waals surface area contributed by atoms with Gasteiger partial charge in [0.25, 0.3) is 0 Å². The zero-order valence-corrected chi connectivity index (χ0v) is 13.1. The Morgan fingerprint density at radius 2 is 2.09 bits per heavy atom. The number of amidine groups is 1. The van der Waals surface area contributed by atoms with E-state index in [1.54, 1.807) is 25.6 Å². The lowest BCUT2D eigenvalue weighted by Gasteiger charge is -2.29. The molecule has 2 aromatic heterocycles. The van der Waals surface area contributed by atoms with Crippen molar-refractivity contribution in [3.63, 3.8) is 0 Å². The molecule has 0 aliphatic carbocycles. The van der Waals surface area contributed by atoms with Gasteiger partial charge in [0.05, 0.1) is 13.2 Å². The van der Waals surface area contributed by atoms with Gasteiger partial charge in [-0.2, -0.15) is 5.11 Å². The molecule has 4 rings (SSSR count). The number of pyridine rings is 2. The normalized spacial score (nSPS) is 21.7. The van der Waals surface area contributed by atoms with Crippen LogP contribution in [0.5, 0.6) is 5.75 Å². The average Bonchev–Trinajstić information content (AvgIpc) is 2.92. The van der Waals surface area contributed by atoms with Gasteiger partial charge in [-0.25, -0.2) is 4.98 Å². The van der Waals surface area contributed by atoms with E-state index in [2.05, 4.69) is 20.2 Å². The van der Waals surface area contributed by atoms with E-state index < -0.39 is 0 Å². The average molecular weight is 308 g/mol. The minimum atomic E-state index is -0.176. The number of anilines is 1. The summed E-state index contributed by atoms with van der Waals surface area (Å²) in [4.78, 5) is 15.5. The van der Waals surface area contributed by atoms with Gasteiger partial charge >= 0.3 is 0 Å². The zero-order chi connectivity index (χ0) is 16.0. The van der Waals surface area contributed by atoms with Crippen LogP contribution in [0, 0.1) is 6.92 Å². The van der Waals surface area contributed by atoms with E-state index in [4.69, 9.17) is 9.73 Å². The highest BCUT2D eigenvalue weighted by molar-refractivity contribution is 6.13. The van der Waals surface area contributed by atoms with Crippen molar-refractivity contribution in [2.24, 2.45) is 15.2 Å². The fourth-order valence-electron chi connectivity index (χ4n) is 2.94. The Labute approximate surface area is 133 Å². The molecule has 4 heterocycles. The molecule has 0 radical (unpaired) electrons. The van der Waals surface area contributed by atoms with Crippen LogP contribution >= 0.6 is 0 Å². The second kappa shape index (κ2) is 5.12. The number of aryl methyl sites for hydroxylation is 1. The van der Waals surface area contributed by atoms with Crippen LogP contribution in [-0.2, 0) is 0 Å². The van der Waals surface area contributed by atoms with Gasteiger partial charge in [-0.1, -0.05) is 0 Å². The summed E-state index contributed by atoms with van der Waals surface area (Å²) in [5, 5.41) is 8.75. The van der Waals surface area contributed by atoms with Crippen molar-refractivity contribution in [2.75, 3.05) is 12.0 Å². The third-order valence-corrected chi connectivity index (χ3v) is 4.10. The second-order valence-corrected chi connectivity index (χ2v) is 5.57. The van der Waals surface area contributed by atoms with E-state index >= 15 is 0 Å². The fourth-order valence-corrected chi connectivity index (χ4v) is 2.94. The third-order valence-electron chi connectivity index (χ3n) is 4.10. The molecule has 0 aromatic carbocycles. The highest BCUT2D eigenvalue weighted by Gasteiger charge is 2.40. The number of aliphatic imine (C=N–C) groups is 1. The molecule has 0 saturated heterocycles. The molecule has 0 N–H and O–H groups in total. The predicted octanol–water partition coefficient (Wildman–Crippen LogP) is 2.87. The number of hydrogen-bond acceptors (Lipinski definition) is 7. The number of aromatic nitrogens is 2. The van der Waals surface area contributed by atoms with E-state index in [0.717, 1.165) is 22.8 Å². The number of hydrogen-bond donors (Lipinski definition) is 0. The topological polar surface area (TPSA) is 75.3 Å². The van der Waals surface area contributed by atoms with Crippen LogP contribution in [-0.4, -0.2) is 35.1 Å². The quantitative estimate of drug-likeness (QED) is 0.855. The monoisotopic (exact) mass is 308 g/mol. The SMILES string of the molecule is COc1ccnc2c1N=NC1C(C)N=C(c3ccncc3C)N21. The number of ether oxygens (including phenoxy) is 1. The largest absolute Gasteiger partial charge is 0.494 e. The van der Waals surface area contributed by atoms with E-state index in [-0.39, 0.29) is 12.2 Å². The van der Waals surface area contributed by atoms with E-state index in [1.165, 1.54) is 0 Å². The molecule has 2 atom stereocenters. The zero-order valence-electron chi connectivity index (χ0n) is 13.1. The molecule has 2 aromatic rings. The number of rotatable bonds is 2. The van der Waals surface area contributed by atoms with Crippen molar-refractivity contribution in [1.82, 2.24) is 9.97 Å². The number of azo groups is 1. The number of nitrogens with zero attached hydrogens (tertiary/aromatic N) is 6. The molecular formula is C16H16N6O. The lowest BCUT2D eigenvalue weighted by atomic mass is 10.1. The maximum absolute atomic E-state index is 5.38. The van der Waals surface area contributed by atoms with Crippen LogP contribution < -0.4 is 9.64 Å². The van der Waals surface area contributed by atoms with Gasteiger partial charge in [-0.05, 0) is 25.5 Å². The Bertz CT molecular complexity index is 831. The molecule has 2 aliphatic heterocycles. The van der Waals surface area contributed by atoms with Crippen LogP contribution in [0.25, 0.3) is 0 Å². The summed E-state index contributed by atoms with van der Waals surface area (Å²) >= 11 is 0. The first kappa shape index (κ1) is 13.8. The molecule has 0 bridgehead atoms. The summed E-state index contributed by atoms with van der Waals surface area (Å²) in [6, 6.07) is 3.75. The predicted molar refractivity (Wildman–Crippen MR) is 86.5 cm³/mol. The number of fused-ring (bicyclic) bond motifs is 3. The summed E-state index contributed by atoms with van der Waals surface area (Å²) < 4.78 is 5.38. The fraction of sp³-hybridized carbons (Fsp3) is 0.312. The van der Waals surface area contributed by atoms with Crippen LogP contribution in [0.2, 0.25) is 0 Å². The Morgan fingerprint density at radius 3 is 2.87 bits per heavy atom. The van der Waals surface area contributed by atoms with E-state index in [0.29, 0.717) is 11.4 Å². The van der Waals surface area contributed by atoms with Crippen molar-refractivity contribution in [3.05, 3.63) is 41.9 Å². The summed E-state index contributed by atoms with van der Waals surface area (Å²) in [6.45, 7) is 4.06. The van der Waals surface area contributed by atoms with Gasteiger partial charge in [0.15, 0.2) is 23.4 Å². The highest BCUT2D eigenvalue weighted by atomic mass is 16.5. The first-order valence-corrected chi connectivity index (χ1v) is 7.42. The van der Waals surface area contributed by atoms with Crippen LogP contribution in [0.1, 0.15) is 18.1 Å². The molecule has 7 heteroatoms. The summed E-state index contributed by atoms with van der Waals surface area (Å²) in [5.74, 6) is 2.23. The lowest BCUT2D eigenvalue weighted by molar-refractivity contribution is 0.414. The van der Waals surface area contributed by atoms with Crippen molar-refractivity contribution >= 4 is 17.3 Å². The Morgan fingerprint density at radius 1 is 1.22 bits per heavy atom. The minimum absolute atomic E-state index is 0.00228. The number of methoxy groups -OCH3 is 1. The Kier molecular flexibility index (Phi) is 3.07. The standard InChI is InChI=1S/C16H16N6O/c1-9-8-17-6-4-11(9)15-19-10(2)14-21-20-13-12(23-3)5-7-18-16(13)22(14)15/h4-8,10,14H,1-3H3. The summed E-state index contributed by atoms with van der Waals surface area (Å²) in [5.41, 5.74) is 2.73. The van der Waals surface area contributed by atoms with Crippen molar-refractivity contribution < 1.29 is 4.74 Å². The van der Waals surface area contributed by atoms with Crippen molar-refractivity contribution in [3.8, 4) is 5.75 Å². The molecule has 7 nitrogen and oxygen atoms in total. The van der Waals surface area contributed by atoms with Crippen molar-refractivity contribution in [1.29, 1.82) is 0 Å². The molecule has 0 saturated carbocycles. The first-order valence-electron chi connectivity index (χ1n) is 7.42. The summed E-state index contributed by atoms with van der Waals surface area (Å²) in [7, 11) is 1.62. The van der Waals surface area contributed by atoms with Crippen LogP contribution in [0.15, 0.2) is 45.9 Å². The van der Waals surface area contributed by atoms with Crippen molar-refractivity contribution in [2.45, 2.75) is 26.1 Å². The van der Waals surface area contributed by atoms with E-state index in [1.807, 2.05) is 31.0 Å². The second-order valence-electron chi connectivity index (χ2n) is 5.57. The Hall–Kier alpha value is -2.83. The highest BCUT2D eigenvalue weighted by Crippen LogP contribution is 2.43. The minimum Gasteiger partial charge on any atom is -0.494 e. The molecule has 2 unspecified atom stereocenters. The Balaban J connectivity index is 1.89. The first-order chi connectivity index (χ1) is 11.2. The molecule has 0 fully saturated rings.